The maximum atomic E-state index is 12.7. The number of rotatable bonds is 8. The van der Waals surface area contributed by atoms with Gasteiger partial charge in [0.25, 0.3) is 0 Å². The number of H-pyrrole nitrogens is 1. The van der Waals surface area contributed by atoms with Crippen LogP contribution in [-0.4, -0.2) is 77.9 Å². The topological polar surface area (TPSA) is 94.7 Å². The Bertz CT molecular complexity index is 1110. The summed E-state index contributed by atoms with van der Waals surface area (Å²) in [7, 11) is 2.13. The predicted octanol–water partition coefficient (Wildman–Crippen LogP) is 3.24. The monoisotopic (exact) mass is 482 g/mol. The molecule has 1 saturated heterocycles. The summed E-state index contributed by atoms with van der Waals surface area (Å²) in [6.07, 6.45) is 2.05. The molecule has 2 aromatic rings. The number of piperidine rings is 1. The quantitative estimate of drug-likeness (QED) is 0.445. The highest BCUT2D eigenvalue weighted by atomic mass is 16.5. The zero-order valence-corrected chi connectivity index (χ0v) is 21.5. The van der Waals surface area contributed by atoms with Crippen LogP contribution in [0.4, 0.5) is 4.79 Å². The van der Waals surface area contributed by atoms with Crippen molar-refractivity contribution in [2.45, 2.75) is 65.0 Å². The first-order valence-corrected chi connectivity index (χ1v) is 12.8. The van der Waals surface area contributed by atoms with Gasteiger partial charge in [-0.2, -0.15) is 0 Å². The number of carbonyl (C=O) groups is 3. The van der Waals surface area contributed by atoms with Crippen LogP contribution >= 0.6 is 0 Å². The van der Waals surface area contributed by atoms with Gasteiger partial charge in [0.2, 0.25) is 0 Å². The number of ketones is 1. The Morgan fingerprint density at radius 3 is 2.63 bits per heavy atom. The molecule has 2 aliphatic rings. The standard InChI is InChI=1S/C27H38N4O4/c1-6-31(7-2)27(34)28-17-12-20-18-10-9-11-22-25(18)21(14-24(20)30(5)15-17)23(29-22)13-19(16(4)32)26(33)35-8-3/h9-11,17,19-20,24,29H,6-8,12-15H2,1-5H3,(H,28,34)/t17-,19?,20?,24+/m0/s1. The lowest BCUT2D eigenvalue weighted by Crippen LogP contribution is -2.56. The summed E-state index contributed by atoms with van der Waals surface area (Å²) < 4.78 is 5.18. The first-order chi connectivity index (χ1) is 16.8. The molecular formula is C27H38N4O4. The van der Waals surface area contributed by atoms with E-state index >= 15 is 0 Å². The summed E-state index contributed by atoms with van der Waals surface area (Å²) in [5.41, 5.74) is 4.46. The molecule has 1 aliphatic carbocycles. The Morgan fingerprint density at radius 2 is 1.97 bits per heavy atom. The molecule has 0 radical (unpaired) electrons. The minimum atomic E-state index is -0.802. The van der Waals surface area contributed by atoms with Crippen molar-refractivity contribution in [2.24, 2.45) is 5.92 Å². The number of fused-ring (bicyclic) bond motifs is 2. The summed E-state index contributed by atoms with van der Waals surface area (Å²) >= 11 is 0. The van der Waals surface area contributed by atoms with Crippen molar-refractivity contribution < 1.29 is 19.1 Å². The van der Waals surface area contributed by atoms with Gasteiger partial charge in [-0.05, 0) is 64.8 Å². The first kappa shape index (κ1) is 25.2. The van der Waals surface area contributed by atoms with E-state index in [9.17, 15) is 14.4 Å². The van der Waals surface area contributed by atoms with Gasteiger partial charge in [-0.25, -0.2) is 4.79 Å². The molecule has 8 heteroatoms. The van der Waals surface area contributed by atoms with Crippen LogP contribution in [0.5, 0.6) is 0 Å². The van der Waals surface area contributed by atoms with Crippen LogP contribution in [0.25, 0.3) is 10.9 Å². The highest BCUT2D eigenvalue weighted by Gasteiger charge is 2.41. The van der Waals surface area contributed by atoms with Crippen molar-refractivity contribution in [1.82, 2.24) is 20.1 Å². The van der Waals surface area contributed by atoms with E-state index in [0.29, 0.717) is 31.5 Å². The normalized spacial score (nSPS) is 22.4. The molecule has 1 fully saturated rings. The third kappa shape index (κ3) is 4.81. The molecular weight excluding hydrogens is 444 g/mol. The minimum absolute atomic E-state index is 0.000252. The zero-order valence-electron chi connectivity index (χ0n) is 21.5. The van der Waals surface area contributed by atoms with Crippen LogP contribution in [0, 0.1) is 5.92 Å². The lowest BCUT2D eigenvalue weighted by Gasteiger charge is -2.46. The number of aromatic amines is 1. The maximum absolute atomic E-state index is 12.7. The summed E-state index contributed by atoms with van der Waals surface area (Å²) in [5, 5.41) is 4.46. The number of amides is 2. The molecule has 0 saturated carbocycles. The minimum Gasteiger partial charge on any atom is -0.465 e. The molecule has 4 rings (SSSR count). The van der Waals surface area contributed by atoms with Crippen LogP contribution in [-0.2, 0) is 27.2 Å². The number of carbonyl (C=O) groups excluding carboxylic acids is 3. The highest BCUT2D eigenvalue weighted by molar-refractivity contribution is 5.98. The molecule has 2 N–H and O–H groups in total. The molecule has 2 unspecified atom stereocenters. The van der Waals surface area contributed by atoms with Gasteiger partial charge in [0.05, 0.1) is 6.61 Å². The van der Waals surface area contributed by atoms with Crippen molar-refractivity contribution in [3.05, 3.63) is 35.0 Å². The fourth-order valence-electron chi connectivity index (χ4n) is 6.00. The number of nitrogens with one attached hydrogen (secondary N) is 2. The second-order valence-electron chi connectivity index (χ2n) is 9.84. The molecule has 1 aromatic carbocycles. The fraction of sp³-hybridized carbons (Fsp3) is 0.593. The Labute approximate surface area is 207 Å². The van der Waals surface area contributed by atoms with Gasteiger partial charge >= 0.3 is 12.0 Å². The number of aromatic nitrogens is 1. The number of nitrogens with zero attached hydrogens (tertiary/aromatic N) is 2. The summed E-state index contributed by atoms with van der Waals surface area (Å²) in [5.74, 6) is -1.14. The van der Waals surface area contributed by atoms with Crippen molar-refractivity contribution in [3.8, 4) is 0 Å². The van der Waals surface area contributed by atoms with Crippen LogP contribution in [0.3, 0.4) is 0 Å². The van der Waals surface area contributed by atoms with Crippen LogP contribution < -0.4 is 5.32 Å². The van der Waals surface area contributed by atoms with Gasteiger partial charge in [-0.1, -0.05) is 12.1 Å². The van der Waals surface area contributed by atoms with Crippen molar-refractivity contribution >= 4 is 28.7 Å². The average Bonchev–Trinajstić information content (AvgIpc) is 3.17. The van der Waals surface area contributed by atoms with E-state index < -0.39 is 11.9 Å². The average molecular weight is 483 g/mol. The van der Waals surface area contributed by atoms with Crippen LogP contribution in [0.2, 0.25) is 0 Å². The second kappa shape index (κ2) is 10.4. The van der Waals surface area contributed by atoms with Gasteiger partial charge < -0.3 is 24.8 Å². The van der Waals surface area contributed by atoms with E-state index in [4.69, 9.17) is 4.74 Å². The number of benzene rings is 1. The summed E-state index contributed by atoms with van der Waals surface area (Å²) in [6, 6.07) is 6.69. The molecule has 190 valence electrons. The number of urea groups is 1. The number of Topliss-reactive ketones (excluding diaryl/α,β-unsaturated/α-hetero) is 1. The van der Waals surface area contributed by atoms with E-state index in [1.54, 1.807) is 6.92 Å². The number of esters is 1. The third-order valence-electron chi connectivity index (χ3n) is 7.79. The van der Waals surface area contributed by atoms with Crippen LogP contribution in [0.15, 0.2) is 18.2 Å². The number of ether oxygens (including phenoxy) is 1. The highest BCUT2D eigenvalue weighted by Crippen LogP contribution is 2.44. The summed E-state index contributed by atoms with van der Waals surface area (Å²) in [4.78, 5) is 45.2. The molecule has 8 nitrogen and oxygen atoms in total. The third-order valence-corrected chi connectivity index (χ3v) is 7.79. The van der Waals surface area contributed by atoms with Gasteiger partial charge in [-0.15, -0.1) is 0 Å². The molecule has 0 spiro atoms. The van der Waals surface area contributed by atoms with E-state index in [2.05, 4.69) is 40.4 Å². The molecule has 4 atom stereocenters. The molecule has 2 amide bonds. The lowest BCUT2D eigenvalue weighted by molar-refractivity contribution is -0.151. The maximum Gasteiger partial charge on any atom is 0.317 e. The van der Waals surface area contributed by atoms with Crippen molar-refractivity contribution in [3.63, 3.8) is 0 Å². The van der Waals surface area contributed by atoms with Gasteiger partial charge in [-0.3, -0.25) is 9.59 Å². The predicted molar refractivity (Wildman–Crippen MR) is 136 cm³/mol. The molecule has 1 aliphatic heterocycles. The largest absolute Gasteiger partial charge is 0.465 e. The van der Waals surface area contributed by atoms with Crippen molar-refractivity contribution in [1.29, 1.82) is 0 Å². The van der Waals surface area contributed by atoms with Crippen molar-refractivity contribution in [2.75, 3.05) is 33.3 Å². The van der Waals surface area contributed by atoms with E-state index in [-0.39, 0.29) is 24.5 Å². The molecule has 35 heavy (non-hydrogen) atoms. The van der Waals surface area contributed by atoms with E-state index in [1.807, 2.05) is 18.7 Å². The Hall–Kier alpha value is -2.87. The number of likely N-dealkylation sites (N-methyl/N-ethyl adjacent to an activating group) is 1. The van der Waals surface area contributed by atoms with Gasteiger partial charge in [0.15, 0.2) is 0 Å². The lowest BCUT2D eigenvalue weighted by atomic mass is 9.73. The fourth-order valence-corrected chi connectivity index (χ4v) is 6.00. The van der Waals surface area contributed by atoms with E-state index in [1.165, 1.54) is 23.4 Å². The molecule has 1 aromatic heterocycles. The smallest absolute Gasteiger partial charge is 0.317 e. The summed E-state index contributed by atoms with van der Waals surface area (Å²) in [6.45, 7) is 9.64. The number of hydrogen-bond acceptors (Lipinski definition) is 5. The number of hydrogen-bond donors (Lipinski definition) is 2. The van der Waals surface area contributed by atoms with E-state index in [0.717, 1.165) is 30.6 Å². The SMILES string of the molecule is CCOC(=O)C(Cc1[nH]c2cccc3c2c1C[C@@H]1C3C[C@H](NC(=O)N(CC)CC)CN1C)C(C)=O. The Balaban J connectivity index is 1.64. The van der Waals surface area contributed by atoms with Gasteiger partial charge in [0, 0.05) is 60.7 Å². The molecule has 2 heterocycles. The molecule has 0 bridgehead atoms. The number of likely N-dealkylation sites (tertiary alicyclic amines) is 1. The second-order valence-corrected chi connectivity index (χ2v) is 9.84. The Morgan fingerprint density at radius 1 is 1.23 bits per heavy atom. The zero-order chi connectivity index (χ0) is 25.3. The first-order valence-electron chi connectivity index (χ1n) is 12.8. The van der Waals surface area contributed by atoms with Gasteiger partial charge in [0.1, 0.15) is 11.7 Å². The Kier molecular flexibility index (Phi) is 7.50. The van der Waals surface area contributed by atoms with Crippen LogP contribution in [0.1, 0.15) is 56.9 Å².